The number of ether oxygens (including phenoxy) is 1. The topological polar surface area (TPSA) is 72.2 Å². The lowest BCUT2D eigenvalue weighted by Crippen LogP contribution is -2.20. The molecule has 27 heavy (non-hydrogen) atoms. The monoisotopic (exact) mass is 406 g/mol. The first kappa shape index (κ1) is 19.5. The van der Waals surface area contributed by atoms with E-state index in [-0.39, 0.29) is 19.3 Å². The summed E-state index contributed by atoms with van der Waals surface area (Å²) in [5.41, 5.74) is 0.981. The summed E-state index contributed by atoms with van der Waals surface area (Å²) in [6, 6.07) is 10.8. The third-order valence-corrected chi connectivity index (χ3v) is 4.25. The number of imidazole rings is 1. The zero-order valence-electron chi connectivity index (χ0n) is 14.8. The molecule has 1 unspecified atom stereocenters. The van der Waals surface area contributed by atoms with Crippen molar-refractivity contribution in [2.45, 2.75) is 26.1 Å². The number of hydrogen-bond donors (Lipinski definition) is 2. The lowest BCUT2D eigenvalue weighted by atomic mass is 10.2. The Bertz CT molecular complexity index is 881. The summed E-state index contributed by atoms with van der Waals surface area (Å²) < 4.78 is 7.75. The molecule has 3 rings (SSSR count). The van der Waals surface area contributed by atoms with Gasteiger partial charge in [-0.15, -0.1) is 0 Å². The number of rotatable bonds is 8. The summed E-state index contributed by atoms with van der Waals surface area (Å²) >= 11 is 12.1. The standard InChI is InChI=1S/C19H20Cl2N4O2/c1-13(11-26)23-17-3-2-4-19(24-17)27-12-18-22-5-6-25(18)10-14-7-15(20)9-16(21)8-14/h2-9,13,26H,10-12H2,1H3,(H,23,24). The Morgan fingerprint density at radius 1 is 1.22 bits per heavy atom. The average Bonchev–Trinajstić information content (AvgIpc) is 3.06. The third kappa shape index (κ3) is 5.60. The van der Waals surface area contributed by atoms with E-state index in [1.54, 1.807) is 18.3 Å². The van der Waals surface area contributed by atoms with Gasteiger partial charge in [0.1, 0.15) is 18.2 Å². The molecule has 1 aromatic carbocycles. The van der Waals surface area contributed by atoms with Gasteiger partial charge in [0.05, 0.1) is 6.61 Å². The van der Waals surface area contributed by atoms with Crippen LogP contribution in [0.15, 0.2) is 48.8 Å². The summed E-state index contributed by atoms with van der Waals surface area (Å²) in [5.74, 6) is 1.88. The van der Waals surface area contributed by atoms with E-state index in [2.05, 4.69) is 15.3 Å². The van der Waals surface area contributed by atoms with Gasteiger partial charge >= 0.3 is 0 Å². The third-order valence-electron chi connectivity index (χ3n) is 3.82. The number of pyridine rings is 1. The van der Waals surface area contributed by atoms with E-state index in [0.29, 0.717) is 28.3 Å². The first-order valence-corrected chi connectivity index (χ1v) is 9.21. The molecule has 0 aliphatic heterocycles. The van der Waals surface area contributed by atoms with Crippen LogP contribution in [0.4, 0.5) is 5.82 Å². The molecule has 0 fully saturated rings. The molecular weight excluding hydrogens is 387 g/mol. The van der Waals surface area contributed by atoms with E-state index in [1.165, 1.54) is 0 Å². The van der Waals surface area contributed by atoms with Gasteiger partial charge in [-0.25, -0.2) is 4.98 Å². The molecule has 0 saturated heterocycles. The molecule has 0 radical (unpaired) electrons. The molecule has 0 saturated carbocycles. The minimum absolute atomic E-state index is 0.0255. The lowest BCUT2D eigenvalue weighted by molar-refractivity contribution is 0.276. The van der Waals surface area contributed by atoms with Gasteiger partial charge in [-0.2, -0.15) is 4.98 Å². The fourth-order valence-corrected chi connectivity index (χ4v) is 3.11. The maximum absolute atomic E-state index is 9.13. The van der Waals surface area contributed by atoms with Crippen molar-refractivity contribution in [3.8, 4) is 5.88 Å². The second-order valence-corrected chi connectivity index (χ2v) is 7.00. The second kappa shape index (κ2) is 9.08. The Hall–Kier alpha value is -2.28. The van der Waals surface area contributed by atoms with E-state index in [0.717, 1.165) is 11.4 Å². The van der Waals surface area contributed by atoms with Gasteiger partial charge in [0.2, 0.25) is 5.88 Å². The molecule has 2 N–H and O–H groups in total. The van der Waals surface area contributed by atoms with Crippen molar-refractivity contribution in [2.24, 2.45) is 0 Å². The van der Waals surface area contributed by atoms with Gasteiger partial charge in [-0.1, -0.05) is 29.3 Å². The molecular formula is C19H20Cl2N4O2. The zero-order chi connectivity index (χ0) is 19.2. The summed E-state index contributed by atoms with van der Waals surface area (Å²) in [5, 5.41) is 13.4. The minimum Gasteiger partial charge on any atom is -0.469 e. The van der Waals surface area contributed by atoms with Crippen LogP contribution >= 0.6 is 23.2 Å². The van der Waals surface area contributed by atoms with Crippen LogP contribution in [0.5, 0.6) is 5.88 Å². The van der Waals surface area contributed by atoms with Crippen molar-refractivity contribution < 1.29 is 9.84 Å². The predicted molar refractivity (Wildman–Crippen MR) is 107 cm³/mol. The maximum atomic E-state index is 9.13. The molecule has 6 nitrogen and oxygen atoms in total. The first-order chi connectivity index (χ1) is 13.0. The van der Waals surface area contributed by atoms with E-state index in [4.69, 9.17) is 33.0 Å². The molecule has 0 spiro atoms. The van der Waals surface area contributed by atoms with Gasteiger partial charge in [0, 0.05) is 41.1 Å². The number of aliphatic hydroxyl groups is 1. The maximum Gasteiger partial charge on any atom is 0.215 e. The first-order valence-electron chi connectivity index (χ1n) is 8.45. The summed E-state index contributed by atoms with van der Waals surface area (Å²) in [6.45, 7) is 2.75. The van der Waals surface area contributed by atoms with Crippen molar-refractivity contribution >= 4 is 29.0 Å². The Balaban J connectivity index is 1.66. The fraction of sp³-hybridized carbons (Fsp3) is 0.263. The Labute approximate surface area is 167 Å². The van der Waals surface area contributed by atoms with Crippen molar-refractivity contribution in [1.82, 2.24) is 14.5 Å². The van der Waals surface area contributed by atoms with Gasteiger partial charge in [0.25, 0.3) is 0 Å². The van der Waals surface area contributed by atoms with Crippen LogP contribution in [0.1, 0.15) is 18.3 Å². The van der Waals surface area contributed by atoms with Crippen molar-refractivity contribution in [3.63, 3.8) is 0 Å². The number of aliphatic hydroxyl groups excluding tert-OH is 1. The van der Waals surface area contributed by atoms with Crippen LogP contribution in [-0.4, -0.2) is 32.3 Å². The van der Waals surface area contributed by atoms with Gasteiger partial charge in [-0.05, 0) is 36.8 Å². The van der Waals surface area contributed by atoms with E-state index in [1.807, 2.05) is 42.0 Å². The van der Waals surface area contributed by atoms with Crippen molar-refractivity contribution in [1.29, 1.82) is 0 Å². The van der Waals surface area contributed by atoms with Gasteiger partial charge in [-0.3, -0.25) is 0 Å². The highest BCUT2D eigenvalue weighted by Gasteiger charge is 2.08. The smallest absolute Gasteiger partial charge is 0.215 e. The quantitative estimate of drug-likeness (QED) is 0.591. The van der Waals surface area contributed by atoms with E-state index >= 15 is 0 Å². The number of hydrogen-bond acceptors (Lipinski definition) is 5. The second-order valence-electron chi connectivity index (χ2n) is 6.13. The zero-order valence-corrected chi connectivity index (χ0v) is 16.3. The fourth-order valence-electron chi connectivity index (χ4n) is 2.54. The molecule has 3 aromatic rings. The molecule has 2 aromatic heterocycles. The van der Waals surface area contributed by atoms with Gasteiger partial charge < -0.3 is 19.7 Å². The molecule has 0 bridgehead atoms. The average molecular weight is 407 g/mol. The lowest BCUT2D eigenvalue weighted by Gasteiger charge is -2.13. The molecule has 142 valence electrons. The molecule has 1 atom stereocenters. The number of aromatic nitrogens is 3. The van der Waals surface area contributed by atoms with E-state index < -0.39 is 0 Å². The van der Waals surface area contributed by atoms with Crippen LogP contribution in [0, 0.1) is 0 Å². The number of nitrogens with one attached hydrogen (secondary N) is 1. The SMILES string of the molecule is CC(CO)Nc1cccc(OCc2nccn2Cc2cc(Cl)cc(Cl)c2)n1. The predicted octanol–water partition coefficient (Wildman–Crippen LogP) is 4.00. The number of nitrogens with zero attached hydrogens (tertiary/aromatic N) is 3. The van der Waals surface area contributed by atoms with Crippen LogP contribution in [-0.2, 0) is 13.2 Å². The van der Waals surface area contributed by atoms with E-state index in [9.17, 15) is 0 Å². The Morgan fingerprint density at radius 2 is 2.00 bits per heavy atom. The molecule has 0 aliphatic rings. The molecule has 8 heteroatoms. The Morgan fingerprint density at radius 3 is 2.74 bits per heavy atom. The number of benzene rings is 1. The van der Waals surface area contributed by atoms with Crippen LogP contribution in [0.3, 0.4) is 0 Å². The highest BCUT2D eigenvalue weighted by Crippen LogP contribution is 2.20. The van der Waals surface area contributed by atoms with Crippen molar-refractivity contribution in [3.05, 3.63) is 70.2 Å². The van der Waals surface area contributed by atoms with Crippen molar-refractivity contribution in [2.75, 3.05) is 11.9 Å². The summed E-state index contributed by atoms with van der Waals surface area (Å²) in [6.07, 6.45) is 3.60. The number of anilines is 1. The van der Waals surface area contributed by atoms with Gasteiger partial charge in [0.15, 0.2) is 0 Å². The highest BCUT2D eigenvalue weighted by molar-refractivity contribution is 6.34. The molecule has 0 aliphatic carbocycles. The minimum atomic E-state index is -0.0869. The van der Waals surface area contributed by atoms with Crippen LogP contribution in [0.25, 0.3) is 0 Å². The number of halogens is 2. The highest BCUT2D eigenvalue weighted by atomic mass is 35.5. The molecule has 2 heterocycles. The summed E-state index contributed by atoms with van der Waals surface area (Å²) in [4.78, 5) is 8.73. The Kier molecular flexibility index (Phi) is 6.55. The van der Waals surface area contributed by atoms with Crippen LogP contribution in [0.2, 0.25) is 10.0 Å². The normalized spacial score (nSPS) is 12.0. The largest absolute Gasteiger partial charge is 0.469 e. The van der Waals surface area contributed by atoms with Crippen LogP contribution < -0.4 is 10.1 Å². The molecule has 0 amide bonds. The summed E-state index contributed by atoms with van der Waals surface area (Å²) in [7, 11) is 0.